The van der Waals surface area contributed by atoms with Crippen molar-refractivity contribution in [3.05, 3.63) is 23.3 Å². The molecule has 0 aliphatic heterocycles. The minimum atomic E-state index is -0.208. The first kappa shape index (κ1) is 13.0. The molecule has 0 N–H and O–H groups in total. The summed E-state index contributed by atoms with van der Waals surface area (Å²) in [5.74, 6) is 0.590. The fourth-order valence-corrected chi connectivity index (χ4v) is 1.68. The Morgan fingerprint density at radius 1 is 1.41 bits per heavy atom. The van der Waals surface area contributed by atoms with Crippen molar-refractivity contribution in [2.24, 2.45) is 0 Å². The van der Waals surface area contributed by atoms with Gasteiger partial charge in [-0.3, -0.25) is 4.79 Å². The lowest BCUT2D eigenvalue weighted by Crippen LogP contribution is -2.26. The number of ether oxygens (including phenoxy) is 1. The summed E-state index contributed by atoms with van der Waals surface area (Å²) in [6.07, 6.45) is -0.110. The molecule has 0 unspecified atom stereocenters. The first-order valence-electron chi connectivity index (χ1n) is 5.30. The first-order valence-corrected chi connectivity index (χ1v) is 5.30. The van der Waals surface area contributed by atoms with E-state index >= 15 is 0 Å². The van der Waals surface area contributed by atoms with Crippen molar-refractivity contribution in [2.75, 3.05) is 19.1 Å². The molecule has 1 amide bonds. The van der Waals surface area contributed by atoms with Crippen molar-refractivity contribution in [1.82, 2.24) is 0 Å². The van der Waals surface area contributed by atoms with Crippen LogP contribution in [0.3, 0.4) is 0 Å². The van der Waals surface area contributed by atoms with E-state index in [9.17, 15) is 4.79 Å². The van der Waals surface area contributed by atoms with Gasteiger partial charge in [-0.15, -0.1) is 0 Å². The molecule has 0 heterocycles. The number of hydrogen-bond acceptors (Lipinski definition) is 3. The van der Waals surface area contributed by atoms with E-state index in [0.29, 0.717) is 0 Å². The van der Waals surface area contributed by atoms with Crippen LogP contribution in [0.2, 0.25) is 0 Å². The van der Waals surface area contributed by atoms with Crippen LogP contribution >= 0.6 is 0 Å². The molecule has 0 aromatic heterocycles. The molecule has 17 heavy (non-hydrogen) atoms. The molecular formula is C13H16N2O2. The number of nitrogens with zero attached hydrogens (tertiary/aromatic N) is 2. The molecule has 4 nitrogen and oxygen atoms in total. The first-order chi connectivity index (χ1) is 8.01. The molecule has 0 saturated carbocycles. The quantitative estimate of drug-likeness (QED) is 0.802. The van der Waals surface area contributed by atoms with E-state index in [2.05, 4.69) is 0 Å². The van der Waals surface area contributed by atoms with Crippen LogP contribution in [-0.2, 0) is 4.79 Å². The largest absolute Gasteiger partial charge is 0.496 e. The number of hydrogen-bond donors (Lipinski definition) is 0. The van der Waals surface area contributed by atoms with Gasteiger partial charge in [-0.2, -0.15) is 5.26 Å². The number of benzene rings is 1. The summed E-state index contributed by atoms with van der Waals surface area (Å²) < 4.78 is 5.21. The number of methoxy groups -OCH3 is 1. The highest BCUT2D eigenvalue weighted by molar-refractivity contribution is 5.95. The molecule has 1 aromatic rings. The highest BCUT2D eigenvalue weighted by Gasteiger charge is 2.14. The Labute approximate surface area is 101 Å². The predicted octanol–water partition coefficient (Wildman–Crippen LogP) is 2.19. The molecule has 4 heteroatoms. The van der Waals surface area contributed by atoms with E-state index < -0.39 is 0 Å². The molecule has 1 aromatic carbocycles. The molecule has 0 saturated heterocycles. The van der Waals surface area contributed by atoms with Gasteiger partial charge in [0.2, 0.25) is 5.91 Å². The Balaban J connectivity index is 3.11. The van der Waals surface area contributed by atoms with E-state index in [1.54, 1.807) is 14.2 Å². The standard InChI is InChI=1S/C13H16N2O2/c1-9-8-12(17-4)10(2)7-11(9)15(3)13(16)5-6-14/h7-8H,5H2,1-4H3. The van der Waals surface area contributed by atoms with Gasteiger partial charge < -0.3 is 9.64 Å². The summed E-state index contributed by atoms with van der Waals surface area (Å²) in [6.45, 7) is 3.83. The number of amides is 1. The lowest BCUT2D eigenvalue weighted by atomic mass is 10.1. The van der Waals surface area contributed by atoms with Crippen LogP contribution in [0.15, 0.2) is 12.1 Å². The lowest BCUT2D eigenvalue weighted by Gasteiger charge is -2.20. The van der Waals surface area contributed by atoms with Crippen molar-refractivity contribution < 1.29 is 9.53 Å². The highest BCUT2D eigenvalue weighted by atomic mass is 16.5. The highest BCUT2D eigenvalue weighted by Crippen LogP contribution is 2.28. The molecule has 0 atom stereocenters. The summed E-state index contributed by atoms with van der Waals surface area (Å²) in [5, 5.41) is 8.52. The van der Waals surface area contributed by atoms with Crippen LogP contribution in [0.5, 0.6) is 5.75 Å². The number of carbonyl (C=O) groups is 1. The second-order valence-electron chi connectivity index (χ2n) is 3.90. The maximum Gasteiger partial charge on any atom is 0.240 e. The van der Waals surface area contributed by atoms with Crippen LogP contribution in [0.1, 0.15) is 17.5 Å². The van der Waals surface area contributed by atoms with Crippen LogP contribution < -0.4 is 9.64 Å². The van der Waals surface area contributed by atoms with Gasteiger partial charge in [-0.25, -0.2) is 0 Å². The number of carbonyl (C=O) groups excluding carboxylic acids is 1. The second kappa shape index (κ2) is 5.35. The van der Waals surface area contributed by atoms with Gasteiger partial charge in [-0.1, -0.05) is 0 Å². The summed E-state index contributed by atoms with van der Waals surface area (Å²) in [6, 6.07) is 5.64. The average molecular weight is 232 g/mol. The van der Waals surface area contributed by atoms with E-state index in [1.807, 2.05) is 32.0 Å². The monoisotopic (exact) mass is 232 g/mol. The van der Waals surface area contributed by atoms with Crippen LogP contribution in [0, 0.1) is 25.2 Å². The van der Waals surface area contributed by atoms with Gasteiger partial charge in [-0.05, 0) is 37.1 Å². The molecule has 1 rings (SSSR count). The summed E-state index contributed by atoms with van der Waals surface area (Å²) in [7, 11) is 3.29. The smallest absolute Gasteiger partial charge is 0.240 e. The van der Waals surface area contributed by atoms with Gasteiger partial charge in [0.15, 0.2) is 0 Å². The Hall–Kier alpha value is -2.02. The molecule has 0 fully saturated rings. The van der Waals surface area contributed by atoms with Crippen molar-refractivity contribution in [1.29, 1.82) is 5.26 Å². The Bertz CT molecular complexity index is 475. The second-order valence-corrected chi connectivity index (χ2v) is 3.90. The zero-order valence-electron chi connectivity index (χ0n) is 10.6. The minimum Gasteiger partial charge on any atom is -0.496 e. The van der Waals surface area contributed by atoms with Crippen molar-refractivity contribution >= 4 is 11.6 Å². The molecule has 0 aliphatic carbocycles. The van der Waals surface area contributed by atoms with E-state index in [0.717, 1.165) is 22.6 Å². The molecule has 0 radical (unpaired) electrons. The van der Waals surface area contributed by atoms with Gasteiger partial charge in [0, 0.05) is 12.7 Å². The number of rotatable bonds is 3. The Morgan fingerprint density at radius 2 is 2.06 bits per heavy atom. The Kier molecular flexibility index (Phi) is 4.11. The topological polar surface area (TPSA) is 53.3 Å². The fraction of sp³-hybridized carbons (Fsp3) is 0.385. The molecular weight excluding hydrogens is 216 g/mol. The van der Waals surface area contributed by atoms with E-state index in [4.69, 9.17) is 10.00 Å². The SMILES string of the molecule is COc1cc(C)c(N(C)C(=O)CC#N)cc1C. The maximum atomic E-state index is 11.6. The van der Waals surface area contributed by atoms with Crippen molar-refractivity contribution in [2.45, 2.75) is 20.3 Å². The predicted molar refractivity (Wildman–Crippen MR) is 66.1 cm³/mol. The zero-order chi connectivity index (χ0) is 13.0. The normalized spacial score (nSPS) is 9.59. The van der Waals surface area contributed by atoms with E-state index in [1.165, 1.54) is 4.90 Å². The maximum absolute atomic E-state index is 11.6. The Morgan fingerprint density at radius 3 is 2.59 bits per heavy atom. The number of nitriles is 1. The van der Waals surface area contributed by atoms with Crippen molar-refractivity contribution in [3.63, 3.8) is 0 Å². The summed E-state index contributed by atoms with van der Waals surface area (Å²) >= 11 is 0. The van der Waals surface area contributed by atoms with Crippen LogP contribution in [-0.4, -0.2) is 20.1 Å². The van der Waals surface area contributed by atoms with Crippen molar-refractivity contribution in [3.8, 4) is 11.8 Å². The van der Waals surface area contributed by atoms with Crippen LogP contribution in [0.4, 0.5) is 5.69 Å². The van der Waals surface area contributed by atoms with Crippen LogP contribution in [0.25, 0.3) is 0 Å². The number of anilines is 1. The lowest BCUT2D eigenvalue weighted by molar-refractivity contribution is -0.117. The third-order valence-corrected chi connectivity index (χ3v) is 2.68. The summed E-state index contributed by atoms with van der Waals surface area (Å²) in [5.41, 5.74) is 2.72. The third kappa shape index (κ3) is 2.76. The van der Waals surface area contributed by atoms with E-state index in [-0.39, 0.29) is 12.3 Å². The molecule has 0 spiro atoms. The minimum absolute atomic E-state index is 0.110. The summed E-state index contributed by atoms with van der Waals surface area (Å²) in [4.78, 5) is 13.1. The molecule has 0 aliphatic rings. The average Bonchev–Trinajstić information content (AvgIpc) is 2.31. The zero-order valence-corrected chi connectivity index (χ0v) is 10.6. The van der Waals surface area contributed by atoms with Gasteiger partial charge >= 0.3 is 0 Å². The third-order valence-electron chi connectivity index (χ3n) is 2.68. The van der Waals surface area contributed by atoms with Gasteiger partial charge in [0.1, 0.15) is 12.2 Å². The fourth-order valence-electron chi connectivity index (χ4n) is 1.68. The van der Waals surface area contributed by atoms with Gasteiger partial charge in [0.25, 0.3) is 0 Å². The molecule has 90 valence electrons. The number of aryl methyl sites for hydroxylation is 2. The van der Waals surface area contributed by atoms with Gasteiger partial charge in [0.05, 0.1) is 13.2 Å². The molecule has 0 bridgehead atoms.